The molecule has 0 aliphatic rings. The van der Waals surface area contributed by atoms with Crippen molar-refractivity contribution in [3.8, 4) is 11.1 Å². The third-order valence-electron chi connectivity index (χ3n) is 5.51. The molecule has 0 saturated carbocycles. The Labute approximate surface area is 192 Å². The predicted octanol–water partition coefficient (Wildman–Crippen LogP) is 3.98. The van der Waals surface area contributed by atoms with E-state index in [2.05, 4.69) is 10.1 Å². The summed E-state index contributed by atoms with van der Waals surface area (Å²) in [5.74, 6) is -2.11. The van der Waals surface area contributed by atoms with Gasteiger partial charge in [0.05, 0.1) is 17.6 Å². The van der Waals surface area contributed by atoms with E-state index in [9.17, 15) is 22.8 Å². The van der Waals surface area contributed by atoms with Crippen LogP contribution in [0.2, 0.25) is 0 Å². The summed E-state index contributed by atoms with van der Waals surface area (Å²) in [5.41, 5.74) is 10.2. The highest BCUT2D eigenvalue weighted by Crippen LogP contribution is 2.42. The highest BCUT2D eigenvalue weighted by molar-refractivity contribution is 6.15. The van der Waals surface area contributed by atoms with Gasteiger partial charge in [0.15, 0.2) is 5.69 Å². The van der Waals surface area contributed by atoms with E-state index in [4.69, 9.17) is 11.5 Å². The Morgan fingerprint density at radius 1 is 0.971 bits per heavy atom. The molecule has 4 rings (SSSR count). The van der Waals surface area contributed by atoms with Crippen LogP contribution in [-0.2, 0) is 12.7 Å². The van der Waals surface area contributed by atoms with Crippen molar-refractivity contribution in [3.63, 3.8) is 0 Å². The molecule has 0 fully saturated rings. The Hall–Kier alpha value is -4.21. The average Bonchev–Trinajstić information content (AvgIpc) is 3.08. The summed E-state index contributed by atoms with van der Waals surface area (Å²) in [7, 11) is 0. The molecule has 0 spiro atoms. The molecule has 0 bridgehead atoms. The van der Waals surface area contributed by atoms with Crippen molar-refractivity contribution in [2.75, 3.05) is 0 Å². The summed E-state index contributed by atoms with van der Waals surface area (Å²) in [6, 6.07) is 13.5. The summed E-state index contributed by atoms with van der Waals surface area (Å²) in [4.78, 5) is 29.0. The number of aromatic nitrogens is 3. The Kier molecular flexibility index (Phi) is 5.60. The van der Waals surface area contributed by atoms with Gasteiger partial charge in [-0.1, -0.05) is 48.0 Å². The van der Waals surface area contributed by atoms with Crippen LogP contribution in [0.5, 0.6) is 0 Å². The van der Waals surface area contributed by atoms with Crippen LogP contribution in [0.4, 0.5) is 13.2 Å². The number of amides is 2. The SMILES string of the molecule is Cc1cccc(Cn2nc(C(F)(F)F)c(-c3c(C(N)=O)nc4ccccc4c3C(N)=O)c2C)c1. The third kappa shape index (κ3) is 3.98. The van der Waals surface area contributed by atoms with E-state index >= 15 is 0 Å². The predicted molar refractivity (Wildman–Crippen MR) is 120 cm³/mol. The van der Waals surface area contributed by atoms with Gasteiger partial charge in [-0.25, -0.2) is 4.98 Å². The second kappa shape index (κ2) is 8.29. The number of hydrogen-bond donors (Lipinski definition) is 2. The quantitative estimate of drug-likeness (QED) is 0.462. The molecule has 2 amide bonds. The number of pyridine rings is 1. The Balaban J connectivity index is 2.10. The molecule has 174 valence electrons. The fourth-order valence-corrected chi connectivity index (χ4v) is 4.07. The minimum atomic E-state index is -4.90. The third-order valence-corrected chi connectivity index (χ3v) is 5.51. The van der Waals surface area contributed by atoms with Gasteiger partial charge in [-0.2, -0.15) is 18.3 Å². The summed E-state index contributed by atoms with van der Waals surface area (Å²) in [6.07, 6.45) is -4.90. The van der Waals surface area contributed by atoms with Gasteiger partial charge in [-0.15, -0.1) is 0 Å². The second-order valence-electron chi connectivity index (χ2n) is 7.91. The van der Waals surface area contributed by atoms with Gasteiger partial charge in [0, 0.05) is 22.2 Å². The summed E-state index contributed by atoms with van der Waals surface area (Å²) >= 11 is 0. The van der Waals surface area contributed by atoms with Crippen LogP contribution in [0.1, 0.15) is 43.4 Å². The maximum absolute atomic E-state index is 14.2. The number of hydrogen-bond acceptors (Lipinski definition) is 4. The van der Waals surface area contributed by atoms with E-state index in [0.29, 0.717) is 0 Å². The molecule has 4 aromatic rings. The Morgan fingerprint density at radius 3 is 2.29 bits per heavy atom. The number of primary amides is 2. The largest absolute Gasteiger partial charge is 0.435 e. The summed E-state index contributed by atoms with van der Waals surface area (Å²) in [5, 5.41) is 4.03. The molecule has 0 unspecified atom stereocenters. The van der Waals surface area contributed by atoms with Gasteiger partial charge in [0.1, 0.15) is 5.69 Å². The highest BCUT2D eigenvalue weighted by Gasteiger charge is 2.41. The number of para-hydroxylation sites is 1. The van der Waals surface area contributed by atoms with Gasteiger partial charge in [-0.3, -0.25) is 14.3 Å². The number of rotatable bonds is 5. The van der Waals surface area contributed by atoms with Crippen molar-refractivity contribution in [1.29, 1.82) is 0 Å². The monoisotopic (exact) mass is 467 g/mol. The lowest BCUT2D eigenvalue weighted by atomic mass is 9.92. The zero-order chi connectivity index (χ0) is 24.8. The van der Waals surface area contributed by atoms with E-state index in [1.54, 1.807) is 24.3 Å². The minimum absolute atomic E-state index is 0.0371. The number of alkyl halides is 3. The summed E-state index contributed by atoms with van der Waals surface area (Å²) < 4.78 is 43.7. The van der Waals surface area contributed by atoms with E-state index in [1.807, 2.05) is 19.1 Å². The van der Waals surface area contributed by atoms with Gasteiger partial charge in [0.2, 0.25) is 5.91 Å². The van der Waals surface area contributed by atoms with Crippen LogP contribution in [0, 0.1) is 13.8 Å². The van der Waals surface area contributed by atoms with Gasteiger partial charge < -0.3 is 11.5 Å². The van der Waals surface area contributed by atoms with Crippen LogP contribution < -0.4 is 11.5 Å². The van der Waals surface area contributed by atoms with Crippen LogP contribution in [0.3, 0.4) is 0 Å². The molecule has 7 nitrogen and oxygen atoms in total. The molecule has 0 aliphatic carbocycles. The van der Waals surface area contributed by atoms with Crippen molar-refractivity contribution in [2.24, 2.45) is 11.5 Å². The van der Waals surface area contributed by atoms with Crippen LogP contribution in [-0.4, -0.2) is 26.6 Å². The van der Waals surface area contributed by atoms with E-state index < -0.39 is 34.9 Å². The molecule has 10 heteroatoms. The zero-order valence-electron chi connectivity index (χ0n) is 18.3. The minimum Gasteiger partial charge on any atom is -0.366 e. The summed E-state index contributed by atoms with van der Waals surface area (Å²) in [6.45, 7) is 3.33. The number of halogens is 3. The standard InChI is InChI=1S/C24H20F3N5O2/c1-12-6-5-7-14(10-12)11-32-13(2)17(21(31-32)24(25,26)27)19-18(22(28)33)15-8-3-4-9-16(15)30-20(19)23(29)34/h3-10H,11H2,1-2H3,(H2,28,33)(H2,29,34). The topological polar surface area (TPSA) is 117 Å². The van der Waals surface area contributed by atoms with Gasteiger partial charge in [-0.05, 0) is 25.5 Å². The molecule has 2 heterocycles. The maximum atomic E-state index is 14.2. The molecule has 0 saturated heterocycles. The fraction of sp³-hybridized carbons (Fsp3) is 0.167. The van der Waals surface area contributed by atoms with Crippen LogP contribution in [0.25, 0.3) is 22.0 Å². The van der Waals surface area contributed by atoms with Gasteiger partial charge >= 0.3 is 6.18 Å². The molecule has 2 aromatic carbocycles. The zero-order valence-corrected chi connectivity index (χ0v) is 18.3. The van der Waals surface area contributed by atoms with E-state index in [0.717, 1.165) is 11.1 Å². The first kappa shape index (κ1) is 23.0. The molecular weight excluding hydrogens is 447 g/mol. The number of aryl methyl sites for hydroxylation is 1. The average molecular weight is 467 g/mol. The number of fused-ring (bicyclic) bond motifs is 1. The van der Waals surface area contributed by atoms with E-state index in [1.165, 1.54) is 23.7 Å². The second-order valence-corrected chi connectivity index (χ2v) is 7.91. The lowest BCUT2D eigenvalue weighted by Gasteiger charge is -2.16. The lowest BCUT2D eigenvalue weighted by Crippen LogP contribution is -2.21. The number of carbonyl (C=O) groups excluding carboxylic acids is 2. The van der Waals surface area contributed by atoms with Crippen LogP contribution in [0.15, 0.2) is 48.5 Å². The first-order chi connectivity index (χ1) is 16.0. The molecule has 4 N–H and O–H groups in total. The molecular formula is C24H20F3N5O2. The molecule has 0 atom stereocenters. The van der Waals surface area contributed by atoms with Crippen molar-refractivity contribution in [1.82, 2.24) is 14.8 Å². The fourth-order valence-electron chi connectivity index (χ4n) is 4.07. The van der Waals surface area contributed by atoms with Crippen molar-refractivity contribution >= 4 is 22.7 Å². The normalized spacial score (nSPS) is 11.7. The van der Waals surface area contributed by atoms with Gasteiger partial charge in [0.25, 0.3) is 5.91 Å². The Morgan fingerprint density at radius 2 is 1.68 bits per heavy atom. The highest BCUT2D eigenvalue weighted by atomic mass is 19.4. The maximum Gasteiger partial charge on any atom is 0.435 e. The molecule has 2 aromatic heterocycles. The first-order valence-corrected chi connectivity index (χ1v) is 10.2. The van der Waals surface area contributed by atoms with Crippen molar-refractivity contribution < 1.29 is 22.8 Å². The van der Waals surface area contributed by atoms with Crippen LogP contribution >= 0.6 is 0 Å². The molecule has 0 aliphatic heterocycles. The smallest absolute Gasteiger partial charge is 0.366 e. The number of benzene rings is 2. The number of carbonyl (C=O) groups is 2. The lowest BCUT2D eigenvalue weighted by molar-refractivity contribution is -0.141. The number of nitrogens with two attached hydrogens (primary N) is 2. The van der Waals surface area contributed by atoms with E-state index in [-0.39, 0.29) is 34.3 Å². The number of nitrogens with zero attached hydrogens (tertiary/aromatic N) is 3. The van der Waals surface area contributed by atoms with Crippen molar-refractivity contribution in [3.05, 3.63) is 82.3 Å². The Bertz CT molecular complexity index is 1460. The molecule has 0 radical (unpaired) electrons. The molecule has 34 heavy (non-hydrogen) atoms. The van der Waals surface area contributed by atoms with Crippen molar-refractivity contribution in [2.45, 2.75) is 26.6 Å². The first-order valence-electron chi connectivity index (χ1n) is 10.2.